The van der Waals surface area contributed by atoms with E-state index in [0.29, 0.717) is 13.2 Å². The van der Waals surface area contributed by atoms with Gasteiger partial charge in [-0.3, -0.25) is 0 Å². The fourth-order valence-corrected chi connectivity index (χ4v) is 3.30. The van der Waals surface area contributed by atoms with Crippen LogP contribution < -0.4 is 5.32 Å². The second kappa shape index (κ2) is 5.06. The molecule has 0 aliphatic carbocycles. The zero-order valence-corrected chi connectivity index (χ0v) is 9.09. The molecule has 1 heterocycles. The van der Waals surface area contributed by atoms with Gasteiger partial charge in [-0.15, -0.1) is 0 Å². The summed E-state index contributed by atoms with van der Waals surface area (Å²) in [7, 11) is -1.41. The highest BCUT2D eigenvalue weighted by Gasteiger charge is 2.35. The number of aliphatic hydroxyl groups is 1. The average Bonchev–Trinajstić information content (AvgIpc) is 2.34. The highest BCUT2D eigenvalue weighted by molar-refractivity contribution is 7.91. The van der Waals surface area contributed by atoms with Crippen LogP contribution in [0.5, 0.6) is 0 Å². The van der Waals surface area contributed by atoms with Crippen LogP contribution in [0.1, 0.15) is 6.42 Å². The van der Waals surface area contributed by atoms with Crippen molar-refractivity contribution in [2.45, 2.75) is 18.6 Å². The van der Waals surface area contributed by atoms with E-state index in [9.17, 15) is 13.5 Å². The first-order chi connectivity index (χ1) is 6.55. The lowest BCUT2D eigenvalue weighted by Crippen LogP contribution is -2.39. The largest absolute Gasteiger partial charge is 0.390 e. The van der Waals surface area contributed by atoms with Gasteiger partial charge in [-0.05, 0) is 13.0 Å². The van der Waals surface area contributed by atoms with Gasteiger partial charge in [-0.2, -0.15) is 0 Å². The first-order valence-corrected chi connectivity index (χ1v) is 6.48. The van der Waals surface area contributed by atoms with Crippen molar-refractivity contribution in [3.8, 4) is 0 Å². The van der Waals surface area contributed by atoms with Crippen LogP contribution in [-0.2, 0) is 14.6 Å². The summed E-state index contributed by atoms with van der Waals surface area (Å²) in [6, 6.07) is -0.308. The number of rotatable bonds is 5. The van der Waals surface area contributed by atoms with E-state index >= 15 is 0 Å². The fraction of sp³-hybridized carbons (Fsp3) is 1.00. The monoisotopic (exact) mass is 223 g/mol. The van der Waals surface area contributed by atoms with Crippen molar-refractivity contribution >= 4 is 9.84 Å². The number of ether oxygens (including phenoxy) is 1. The molecule has 0 saturated carbocycles. The number of aliphatic hydroxyl groups excluding tert-OH is 1. The zero-order chi connectivity index (χ0) is 10.6. The van der Waals surface area contributed by atoms with Gasteiger partial charge in [0.1, 0.15) is 0 Å². The highest BCUT2D eigenvalue weighted by Crippen LogP contribution is 2.12. The molecule has 1 aliphatic heterocycles. The summed E-state index contributed by atoms with van der Waals surface area (Å²) in [5.41, 5.74) is 0. The molecule has 14 heavy (non-hydrogen) atoms. The van der Waals surface area contributed by atoms with Crippen molar-refractivity contribution in [2.75, 3.05) is 31.8 Å². The molecule has 1 saturated heterocycles. The third-order valence-corrected chi connectivity index (χ3v) is 3.97. The molecular weight excluding hydrogens is 206 g/mol. The van der Waals surface area contributed by atoms with Gasteiger partial charge in [-0.1, -0.05) is 0 Å². The molecule has 0 aromatic carbocycles. The molecule has 2 atom stereocenters. The van der Waals surface area contributed by atoms with Crippen LogP contribution in [0.4, 0.5) is 0 Å². The van der Waals surface area contributed by atoms with Crippen molar-refractivity contribution in [1.82, 2.24) is 5.32 Å². The van der Waals surface area contributed by atoms with E-state index in [0.717, 1.165) is 6.42 Å². The Labute approximate surface area is 84.4 Å². The molecule has 1 aliphatic rings. The molecule has 0 unspecified atom stereocenters. The van der Waals surface area contributed by atoms with Gasteiger partial charge in [0.2, 0.25) is 0 Å². The van der Waals surface area contributed by atoms with Crippen LogP contribution in [0.2, 0.25) is 0 Å². The van der Waals surface area contributed by atoms with Crippen molar-refractivity contribution in [1.29, 1.82) is 0 Å². The topological polar surface area (TPSA) is 75.6 Å². The second-order valence-electron chi connectivity index (χ2n) is 3.55. The Hall–Kier alpha value is -0.170. The number of methoxy groups -OCH3 is 1. The van der Waals surface area contributed by atoms with Gasteiger partial charge in [0.15, 0.2) is 9.84 Å². The van der Waals surface area contributed by atoms with Crippen LogP contribution in [0, 0.1) is 0 Å². The minimum atomic E-state index is -3.03. The van der Waals surface area contributed by atoms with E-state index in [1.54, 1.807) is 7.11 Å². The van der Waals surface area contributed by atoms with Gasteiger partial charge in [0, 0.05) is 19.8 Å². The van der Waals surface area contributed by atoms with E-state index < -0.39 is 15.9 Å². The van der Waals surface area contributed by atoms with Gasteiger partial charge < -0.3 is 15.2 Å². The maximum Gasteiger partial charge on any atom is 0.154 e. The number of sulfone groups is 1. The summed E-state index contributed by atoms with van der Waals surface area (Å²) < 4.78 is 27.1. The summed E-state index contributed by atoms with van der Waals surface area (Å²) in [5, 5.41) is 12.4. The van der Waals surface area contributed by atoms with Crippen molar-refractivity contribution < 1.29 is 18.3 Å². The smallest absolute Gasteiger partial charge is 0.154 e. The van der Waals surface area contributed by atoms with E-state index in [1.165, 1.54) is 0 Å². The van der Waals surface area contributed by atoms with Crippen LogP contribution >= 0.6 is 0 Å². The molecule has 6 heteroatoms. The number of nitrogens with one attached hydrogen (secondary N) is 1. The molecule has 1 rings (SSSR count). The Kier molecular flexibility index (Phi) is 4.31. The zero-order valence-electron chi connectivity index (χ0n) is 8.27. The van der Waals surface area contributed by atoms with E-state index in [-0.39, 0.29) is 17.5 Å². The minimum absolute atomic E-state index is 0.0428. The average molecular weight is 223 g/mol. The lowest BCUT2D eigenvalue weighted by atomic mass is 10.2. The Morgan fingerprint density at radius 3 is 2.71 bits per heavy atom. The quantitative estimate of drug-likeness (QED) is 0.571. The maximum atomic E-state index is 11.1. The summed E-state index contributed by atoms with van der Waals surface area (Å²) >= 11 is 0. The molecule has 0 bridgehead atoms. The Balaban J connectivity index is 2.25. The van der Waals surface area contributed by atoms with Crippen molar-refractivity contribution in [3.05, 3.63) is 0 Å². The third kappa shape index (κ3) is 3.53. The number of hydrogen-bond acceptors (Lipinski definition) is 5. The Morgan fingerprint density at radius 1 is 1.50 bits per heavy atom. The first-order valence-electron chi connectivity index (χ1n) is 4.66. The molecule has 5 nitrogen and oxygen atoms in total. The Morgan fingerprint density at radius 2 is 2.21 bits per heavy atom. The van der Waals surface area contributed by atoms with E-state index in [1.807, 2.05) is 0 Å². The predicted octanol–water partition coefficient (Wildman–Crippen LogP) is -1.23. The van der Waals surface area contributed by atoms with E-state index in [4.69, 9.17) is 4.74 Å². The summed E-state index contributed by atoms with van der Waals surface area (Å²) in [5.74, 6) is -0.0733. The molecule has 84 valence electrons. The molecule has 1 fully saturated rings. The highest BCUT2D eigenvalue weighted by atomic mass is 32.2. The molecule has 2 N–H and O–H groups in total. The van der Waals surface area contributed by atoms with Gasteiger partial charge >= 0.3 is 0 Å². The van der Waals surface area contributed by atoms with Crippen LogP contribution in [0.15, 0.2) is 0 Å². The van der Waals surface area contributed by atoms with Crippen LogP contribution in [-0.4, -0.2) is 57.4 Å². The molecule has 0 spiro atoms. The minimum Gasteiger partial charge on any atom is -0.390 e. The second-order valence-corrected chi connectivity index (χ2v) is 5.71. The Bertz CT molecular complexity index is 265. The van der Waals surface area contributed by atoms with Gasteiger partial charge in [0.05, 0.1) is 17.6 Å². The van der Waals surface area contributed by atoms with Crippen LogP contribution in [0.25, 0.3) is 0 Å². The maximum absolute atomic E-state index is 11.1. The SMILES string of the molecule is COCCCN[C@@H]1CS(=O)(=O)C[C@@H]1O. The molecular formula is C8H17NO4S. The van der Waals surface area contributed by atoms with Crippen molar-refractivity contribution in [2.24, 2.45) is 0 Å². The third-order valence-electron chi connectivity index (χ3n) is 2.25. The van der Waals surface area contributed by atoms with Crippen LogP contribution in [0.3, 0.4) is 0 Å². The fourth-order valence-electron chi connectivity index (χ4n) is 1.53. The van der Waals surface area contributed by atoms with Gasteiger partial charge in [-0.25, -0.2) is 8.42 Å². The van der Waals surface area contributed by atoms with Gasteiger partial charge in [0.25, 0.3) is 0 Å². The summed E-state index contributed by atoms with van der Waals surface area (Å²) in [6.45, 7) is 1.31. The molecule has 0 aromatic rings. The summed E-state index contributed by atoms with van der Waals surface area (Å²) in [4.78, 5) is 0. The lowest BCUT2D eigenvalue weighted by Gasteiger charge is -2.14. The normalized spacial score (nSPS) is 30.7. The summed E-state index contributed by atoms with van der Waals surface area (Å²) in [6.07, 6.45) is 0.0577. The molecule has 0 amide bonds. The lowest BCUT2D eigenvalue weighted by molar-refractivity contribution is 0.159. The predicted molar refractivity (Wildman–Crippen MR) is 52.9 cm³/mol. The standard InChI is InChI=1S/C8H17NO4S/c1-13-4-2-3-9-7-5-14(11,12)6-8(7)10/h7-10H,2-6H2,1H3/t7-,8+/m1/s1. The first kappa shape index (κ1) is 11.9. The molecule has 0 radical (unpaired) electrons. The van der Waals surface area contributed by atoms with E-state index in [2.05, 4.69) is 5.32 Å². The number of hydrogen-bond donors (Lipinski definition) is 2. The van der Waals surface area contributed by atoms with Crippen molar-refractivity contribution in [3.63, 3.8) is 0 Å². The molecule has 0 aromatic heterocycles.